The molecule has 1 saturated heterocycles. The quantitative estimate of drug-likeness (QED) is 0.334. The van der Waals surface area contributed by atoms with E-state index in [1.54, 1.807) is 27.9 Å². The Morgan fingerprint density at radius 2 is 2.08 bits per heavy atom. The summed E-state index contributed by atoms with van der Waals surface area (Å²) < 4.78 is 2.74. The van der Waals surface area contributed by atoms with Crippen molar-refractivity contribution < 1.29 is 9.59 Å². The van der Waals surface area contributed by atoms with Gasteiger partial charge in [-0.1, -0.05) is 17.4 Å². The second-order valence-electron chi connectivity index (χ2n) is 9.63. The van der Waals surface area contributed by atoms with Crippen LogP contribution in [0.2, 0.25) is 0 Å². The number of amides is 2. The Morgan fingerprint density at radius 3 is 2.84 bits per heavy atom. The van der Waals surface area contributed by atoms with E-state index in [9.17, 15) is 9.59 Å². The summed E-state index contributed by atoms with van der Waals surface area (Å²) in [5.41, 5.74) is 10.4. The van der Waals surface area contributed by atoms with Gasteiger partial charge in [0.25, 0.3) is 11.8 Å². The van der Waals surface area contributed by atoms with Gasteiger partial charge in [0.2, 0.25) is 0 Å². The normalized spacial score (nSPS) is 15.7. The highest BCUT2D eigenvalue weighted by Crippen LogP contribution is 2.30. The molecule has 2 amide bonds. The van der Waals surface area contributed by atoms with E-state index in [-0.39, 0.29) is 11.8 Å². The monoisotopic (exact) mass is 545 g/mol. The molecule has 194 valence electrons. The Bertz CT molecular complexity index is 1650. The number of nitrogen functional groups attached to an aromatic ring is 1. The van der Waals surface area contributed by atoms with Gasteiger partial charge in [-0.15, -0.1) is 0 Å². The molecule has 0 bridgehead atoms. The lowest BCUT2D eigenvalue weighted by molar-refractivity contribution is 0.0776. The zero-order chi connectivity index (χ0) is 26.4. The van der Waals surface area contributed by atoms with Crippen LogP contribution in [-0.4, -0.2) is 69.2 Å². The van der Waals surface area contributed by atoms with Crippen LogP contribution >= 0.6 is 22.7 Å². The Morgan fingerprint density at radius 1 is 1.21 bits per heavy atom. The van der Waals surface area contributed by atoms with E-state index in [0.29, 0.717) is 53.4 Å². The third kappa shape index (κ3) is 4.42. The van der Waals surface area contributed by atoms with Gasteiger partial charge in [0.1, 0.15) is 11.4 Å². The molecule has 1 aliphatic rings. The van der Waals surface area contributed by atoms with Gasteiger partial charge in [-0.3, -0.25) is 14.0 Å². The van der Waals surface area contributed by atoms with E-state index in [1.165, 1.54) is 11.3 Å². The van der Waals surface area contributed by atoms with E-state index >= 15 is 0 Å². The summed E-state index contributed by atoms with van der Waals surface area (Å²) in [6, 6.07) is 11.6. The van der Waals surface area contributed by atoms with Gasteiger partial charge >= 0.3 is 0 Å². The summed E-state index contributed by atoms with van der Waals surface area (Å²) in [4.78, 5) is 40.4. The Balaban J connectivity index is 1.33. The number of fused-ring (bicyclic) bond motifs is 2. The number of likely N-dealkylation sites (tertiary alicyclic amines) is 1. The molecule has 1 atom stereocenters. The molecule has 1 unspecified atom stereocenters. The van der Waals surface area contributed by atoms with E-state index < -0.39 is 0 Å². The van der Waals surface area contributed by atoms with Crippen molar-refractivity contribution in [1.82, 2.24) is 29.5 Å². The Hall–Kier alpha value is -3.80. The number of benzene rings is 1. The minimum atomic E-state index is -0.255. The number of pyridine rings is 1. The van der Waals surface area contributed by atoms with Crippen LogP contribution in [0.3, 0.4) is 0 Å². The average molecular weight is 546 g/mol. The van der Waals surface area contributed by atoms with E-state index in [0.717, 1.165) is 27.8 Å². The molecule has 1 aliphatic heterocycles. The summed E-state index contributed by atoms with van der Waals surface area (Å²) in [6.45, 7) is 1.70. The lowest BCUT2D eigenvalue weighted by atomic mass is 10.2. The minimum Gasteiger partial charge on any atom is -0.375 e. The number of nitrogens with zero attached hydrogens (tertiary/aromatic N) is 5. The molecule has 6 rings (SSSR count). The van der Waals surface area contributed by atoms with Crippen molar-refractivity contribution in [2.75, 3.05) is 32.9 Å². The molecule has 5 aromatic rings. The predicted molar refractivity (Wildman–Crippen MR) is 152 cm³/mol. The van der Waals surface area contributed by atoms with Crippen LogP contribution in [0.15, 0.2) is 53.4 Å². The number of carbonyl (C=O) groups excluding carboxylic acids is 2. The fourth-order valence-electron chi connectivity index (χ4n) is 4.92. The highest BCUT2D eigenvalue weighted by Gasteiger charge is 2.32. The number of hydrogen-bond acceptors (Lipinski definition) is 8. The van der Waals surface area contributed by atoms with Crippen molar-refractivity contribution in [2.45, 2.75) is 19.0 Å². The molecule has 4 aromatic heterocycles. The number of anilines is 1. The van der Waals surface area contributed by atoms with Gasteiger partial charge in [0.05, 0.1) is 15.8 Å². The first kappa shape index (κ1) is 24.5. The first-order chi connectivity index (χ1) is 18.4. The number of carbonyl (C=O) groups is 2. The molecule has 11 heteroatoms. The molecule has 0 spiro atoms. The van der Waals surface area contributed by atoms with Crippen LogP contribution in [0.5, 0.6) is 0 Å². The van der Waals surface area contributed by atoms with Gasteiger partial charge < -0.3 is 20.9 Å². The highest BCUT2D eigenvalue weighted by molar-refractivity contribution is 7.22. The number of nitrogens with one attached hydrogen (secondary N) is 1. The minimum absolute atomic E-state index is 0.0715. The second kappa shape index (κ2) is 9.82. The van der Waals surface area contributed by atoms with Crippen molar-refractivity contribution in [3.05, 3.63) is 70.2 Å². The fourth-order valence-corrected chi connectivity index (χ4v) is 6.36. The topological polar surface area (TPSA) is 109 Å². The fraction of sp³-hybridized carbons (Fsp3) is 0.259. The maximum atomic E-state index is 13.8. The number of rotatable bonds is 6. The Labute approximate surface area is 227 Å². The van der Waals surface area contributed by atoms with Crippen LogP contribution in [0.1, 0.15) is 32.8 Å². The molecular weight excluding hydrogens is 518 g/mol. The van der Waals surface area contributed by atoms with E-state index in [1.807, 2.05) is 60.2 Å². The van der Waals surface area contributed by atoms with Crippen LogP contribution < -0.4 is 11.1 Å². The number of nitrogens with two attached hydrogens (primary N) is 1. The standard InChI is InChI=1S/C27H27N7O2S2/c1-32(2)18-7-10-33(14-18)26(36)23-22(17-8-11-37-15-17)31-24-19(4-3-9-34(23)24)25(35)29-13-16-5-6-20-21(12-16)38-27(28)30-20/h3-6,8-9,11-12,15,18H,7,10,13-14H2,1-2H3,(H2,28,30)(H,29,35). The van der Waals surface area contributed by atoms with Crippen molar-refractivity contribution in [1.29, 1.82) is 0 Å². The zero-order valence-corrected chi connectivity index (χ0v) is 22.7. The van der Waals surface area contributed by atoms with Crippen LogP contribution in [-0.2, 0) is 6.54 Å². The summed E-state index contributed by atoms with van der Waals surface area (Å²) in [5, 5.41) is 7.47. The van der Waals surface area contributed by atoms with Gasteiger partial charge in [0.15, 0.2) is 10.8 Å². The van der Waals surface area contributed by atoms with Crippen LogP contribution in [0.4, 0.5) is 5.13 Å². The predicted octanol–water partition coefficient (Wildman–Crippen LogP) is 3.96. The average Bonchev–Trinajstić information content (AvgIpc) is 3.70. The van der Waals surface area contributed by atoms with Crippen LogP contribution in [0.25, 0.3) is 27.1 Å². The van der Waals surface area contributed by atoms with Crippen molar-refractivity contribution in [3.63, 3.8) is 0 Å². The third-order valence-corrected chi connectivity index (χ3v) is 8.53. The number of thiazole rings is 1. The number of aromatic nitrogens is 3. The maximum absolute atomic E-state index is 13.8. The van der Waals surface area contributed by atoms with Gasteiger partial charge in [-0.2, -0.15) is 11.3 Å². The lowest BCUT2D eigenvalue weighted by Crippen LogP contribution is -2.35. The summed E-state index contributed by atoms with van der Waals surface area (Å²) in [6.07, 6.45) is 2.74. The van der Waals surface area contributed by atoms with Crippen molar-refractivity contribution >= 4 is 55.5 Å². The molecule has 0 radical (unpaired) electrons. The summed E-state index contributed by atoms with van der Waals surface area (Å²) >= 11 is 2.97. The molecule has 0 aliphatic carbocycles. The Kier molecular flexibility index (Phi) is 6.34. The number of hydrogen-bond donors (Lipinski definition) is 2. The van der Waals surface area contributed by atoms with Gasteiger partial charge in [0, 0.05) is 42.8 Å². The second-order valence-corrected chi connectivity index (χ2v) is 11.5. The molecule has 1 aromatic carbocycles. The highest BCUT2D eigenvalue weighted by atomic mass is 32.1. The number of thiophene rings is 1. The molecule has 0 saturated carbocycles. The first-order valence-electron chi connectivity index (χ1n) is 12.3. The lowest BCUT2D eigenvalue weighted by Gasteiger charge is -2.20. The van der Waals surface area contributed by atoms with E-state index in [4.69, 9.17) is 10.7 Å². The maximum Gasteiger partial charge on any atom is 0.273 e. The largest absolute Gasteiger partial charge is 0.375 e. The molecule has 38 heavy (non-hydrogen) atoms. The third-order valence-electron chi connectivity index (χ3n) is 7.00. The molecular formula is C27H27N7O2S2. The SMILES string of the molecule is CN(C)C1CCN(C(=O)c2c(-c3ccsc3)nc3c(C(=O)NCc4ccc5nc(N)sc5c4)cccn23)C1. The van der Waals surface area contributed by atoms with Crippen molar-refractivity contribution in [2.24, 2.45) is 0 Å². The zero-order valence-electron chi connectivity index (χ0n) is 21.0. The molecule has 9 nitrogen and oxygen atoms in total. The van der Waals surface area contributed by atoms with Crippen LogP contribution in [0, 0.1) is 0 Å². The molecule has 5 heterocycles. The molecule has 3 N–H and O–H groups in total. The molecule has 1 fully saturated rings. The smallest absolute Gasteiger partial charge is 0.273 e. The van der Waals surface area contributed by atoms with Gasteiger partial charge in [-0.05, 0) is 61.8 Å². The van der Waals surface area contributed by atoms with Crippen molar-refractivity contribution in [3.8, 4) is 11.3 Å². The summed E-state index contributed by atoms with van der Waals surface area (Å²) in [5.74, 6) is -0.327. The number of likely N-dealkylation sites (N-methyl/N-ethyl adjacent to an activating group) is 1. The summed E-state index contributed by atoms with van der Waals surface area (Å²) in [7, 11) is 4.08. The number of imidazole rings is 1. The van der Waals surface area contributed by atoms with E-state index in [2.05, 4.69) is 15.2 Å². The first-order valence-corrected chi connectivity index (χ1v) is 14.1. The van der Waals surface area contributed by atoms with Gasteiger partial charge in [-0.25, -0.2) is 9.97 Å².